The maximum atomic E-state index is 10.9. The number of hydrogen-bond acceptors (Lipinski definition) is 3. The van der Waals surface area contributed by atoms with E-state index in [9.17, 15) is 4.79 Å². The molecule has 1 rings (SSSR count). The molecule has 84 valence electrons. The number of nitrogens with one attached hydrogen (secondary N) is 1. The van der Waals surface area contributed by atoms with Crippen molar-refractivity contribution in [3.63, 3.8) is 0 Å². The van der Waals surface area contributed by atoms with Crippen molar-refractivity contribution >= 4 is 38.2 Å². The van der Waals surface area contributed by atoms with Crippen LogP contribution in [0, 0.1) is 5.92 Å². The van der Waals surface area contributed by atoms with Crippen LogP contribution in [0.4, 0.5) is 5.00 Å². The van der Waals surface area contributed by atoms with Gasteiger partial charge in [0.05, 0.1) is 9.35 Å². The van der Waals surface area contributed by atoms with Crippen molar-refractivity contribution in [3.8, 4) is 0 Å². The van der Waals surface area contributed by atoms with E-state index in [1.54, 1.807) is 6.07 Å². The topological polar surface area (TPSA) is 49.3 Å². The lowest BCUT2D eigenvalue weighted by molar-refractivity contribution is 0.0698. The van der Waals surface area contributed by atoms with E-state index in [2.05, 4.69) is 35.1 Å². The molecule has 0 bridgehead atoms. The summed E-state index contributed by atoms with van der Waals surface area (Å²) in [4.78, 5) is 10.9. The van der Waals surface area contributed by atoms with Gasteiger partial charge in [-0.15, -0.1) is 11.3 Å². The van der Waals surface area contributed by atoms with Crippen LogP contribution in [0.2, 0.25) is 0 Å². The Hall–Kier alpha value is -0.550. The van der Waals surface area contributed by atoms with E-state index in [0.29, 0.717) is 11.5 Å². The van der Waals surface area contributed by atoms with Crippen molar-refractivity contribution in [2.45, 2.75) is 20.3 Å². The fourth-order valence-corrected chi connectivity index (χ4v) is 2.64. The van der Waals surface area contributed by atoms with Crippen LogP contribution in [0.5, 0.6) is 0 Å². The van der Waals surface area contributed by atoms with Crippen LogP contribution in [-0.4, -0.2) is 17.6 Å². The normalized spacial score (nSPS) is 10.7. The third-order valence-corrected chi connectivity index (χ3v) is 3.54. The number of halogens is 1. The predicted molar refractivity (Wildman–Crippen MR) is 66.9 cm³/mol. The molecule has 15 heavy (non-hydrogen) atoms. The zero-order chi connectivity index (χ0) is 11.4. The number of carboxylic acid groups (broad SMARTS) is 1. The number of rotatable bonds is 5. The summed E-state index contributed by atoms with van der Waals surface area (Å²) in [5, 5.41) is 12.8. The summed E-state index contributed by atoms with van der Waals surface area (Å²) in [5.41, 5.74) is 0.343. The molecule has 0 aliphatic carbocycles. The lowest BCUT2D eigenvalue weighted by atomic mass is 10.1. The predicted octanol–water partition coefficient (Wildman–Crippen LogP) is 3.67. The Morgan fingerprint density at radius 2 is 2.33 bits per heavy atom. The van der Waals surface area contributed by atoms with Gasteiger partial charge in [0.15, 0.2) is 0 Å². The van der Waals surface area contributed by atoms with Gasteiger partial charge in [-0.1, -0.05) is 13.8 Å². The van der Waals surface area contributed by atoms with Gasteiger partial charge in [0.2, 0.25) is 0 Å². The molecular weight excluding hydrogens is 278 g/mol. The number of thiophene rings is 1. The molecule has 0 aliphatic rings. The van der Waals surface area contributed by atoms with Gasteiger partial charge in [0.25, 0.3) is 0 Å². The molecule has 1 heterocycles. The highest BCUT2D eigenvalue weighted by molar-refractivity contribution is 9.11. The summed E-state index contributed by atoms with van der Waals surface area (Å²) >= 11 is 4.71. The second-order valence-corrected chi connectivity index (χ2v) is 6.14. The van der Waals surface area contributed by atoms with Crippen LogP contribution in [0.15, 0.2) is 9.85 Å². The minimum Gasteiger partial charge on any atom is -0.478 e. The van der Waals surface area contributed by atoms with Gasteiger partial charge in [-0.05, 0) is 34.3 Å². The number of aromatic carboxylic acids is 1. The summed E-state index contributed by atoms with van der Waals surface area (Å²) in [6.07, 6.45) is 1.04. The molecule has 1 aromatic rings. The molecule has 1 aromatic heterocycles. The molecule has 0 saturated carbocycles. The highest BCUT2D eigenvalue weighted by Crippen LogP contribution is 2.32. The van der Waals surface area contributed by atoms with E-state index in [-0.39, 0.29) is 0 Å². The van der Waals surface area contributed by atoms with Crippen LogP contribution in [0.25, 0.3) is 0 Å². The van der Waals surface area contributed by atoms with Gasteiger partial charge < -0.3 is 10.4 Å². The van der Waals surface area contributed by atoms with Gasteiger partial charge in [-0.2, -0.15) is 0 Å². The molecule has 2 N–H and O–H groups in total. The number of anilines is 1. The lowest BCUT2D eigenvalue weighted by Gasteiger charge is -2.06. The third-order valence-electron chi connectivity index (χ3n) is 1.94. The molecule has 0 unspecified atom stereocenters. The van der Waals surface area contributed by atoms with Crippen LogP contribution in [0.3, 0.4) is 0 Å². The quantitative estimate of drug-likeness (QED) is 0.870. The second kappa shape index (κ2) is 5.51. The highest BCUT2D eigenvalue weighted by Gasteiger charge is 2.13. The zero-order valence-electron chi connectivity index (χ0n) is 8.71. The summed E-state index contributed by atoms with van der Waals surface area (Å²) in [6, 6.07) is 1.63. The maximum Gasteiger partial charge on any atom is 0.338 e. The van der Waals surface area contributed by atoms with Gasteiger partial charge in [0, 0.05) is 6.54 Å². The van der Waals surface area contributed by atoms with Crippen molar-refractivity contribution in [2.75, 3.05) is 11.9 Å². The summed E-state index contributed by atoms with van der Waals surface area (Å²) < 4.78 is 0.840. The molecule has 0 saturated heterocycles. The molecule has 0 spiro atoms. The Bertz CT molecular complexity index is 349. The number of carboxylic acids is 1. The Labute approximate surface area is 102 Å². The van der Waals surface area contributed by atoms with Crippen LogP contribution >= 0.6 is 27.3 Å². The van der Waals surface area contributed by atoms with E-state index in [1.165, 1.54) is 11.3 Å². The number of hydrogen-bond donors (Lipinski definition) is 2. The Balaban J connectivity index is 2.63. The molecule has 0 radical (unpaired) electrons. The van der Waals surface area contributed by atoms with E-state index < -0.39 is 5.97 Å². The second-order valence-electron chi connectivity index (χ2n) is 3.71. The van der Waals surface area contributed by atoms with E-state index in [0.717, 1.165) is 21.8 Å². The first-order valence-electron chi connectivity index (χ1n) is 4.77. The minimum atomic E-state index is -0.885. The Morgan fingerprint density at radius 3 is 2.87 bits per heavy atom. The van der Waals surface area contributed by atoms with E-state index in [4.69, 9.17) is 5.11 Å². The SMILES string of the molecule is CC(C)CCNc1sc(Br)cc1C(=O)O. The van der Waals surface area contributed by atoms with E-state index >= 15 is 0 Å². The lowest BCUT2D eigenvalue weighted by Crippen LogP contribution is -2.06. The fourth-order valence-electron chi connectivity index (χ4n) is 1.13. The molecule has 0 aliphatic heterocycles. The van der Waals surface area contributed by atoms with Crippen molar-refractivity contribution < 1.29 is 9.90 Å². The molecule has 5 heteroatoms. The highest BCUT2D eigenvalue weighted by atomic mass is 79.9. The standard InChI is InChI=1S/C10H14BrNO2S/c1-6(2)3-4-12-9-7(10(13)14)5-8(11)15-9/h5-6,12H,3-4H2,1-2H3,(H,13,14). The molecule has 0 aromatic carbocycles. The van der Waals surface area contributed by atoms with Gasteiger partial charge in [-0.3, -0.25) is 0 Å². The van der Waals surface area contributed by atoms with Gasteiger partial charge in [-0.25, -0.2) is 4.79 Å². The average Bonchev–Trinajstić information content (AvgIpc) is 2.46. The van der Waals surface area contributed by atoms with Crippen LogP contribution in [0.1, 0.15) is 30.6 Å². The smallest absolute Gasteiger partial charge is 0.338 e. The van der Waals surface area contributed by atoms with Gasteiger partial charge in [0.1, 0.15) is 5.00 Å². The molecule has 0 atom stereocenters. The largest absolute Gasteiger partial charge is 0.478 e. The summed E-state index contributed by atoms with van der Waals surface area (Å²) in [7, 11) is 0. The van der Waals surface area contributed by atoms with Crippen molar-refractivity contribution in [3.05, 3.63) is 15.4 Å². The van der Waals surface area contributed by atoms with Crippen LogP contribution < -0.4 is 5.32 Å². The molecule has 0 fully saturated rings. The van der Waals surface area contributed by atoms with Crippen molar-refractivity contribution in [1.82, 2.24) is 0 Å². The first-order valence-corrected chi connectivity index (χ1v) is 6.38. The number of carbonyl (C=O) groups is 1. The maximum absolute atomic E-state index is 10.9. The average molecular weight is 292 g/mol. The van der Waals surface area contributed by atoms with E-state index in [1.807, 2.05) is 0 Å². The molecular formula is C10H14BrNO2S. The first kappa shape index (κ1) is 12.5. The first-order chi connectivity index (χ1) is 7.00. The monoisotopic (exact) mass is 291 g/mol. The Morgan fingerprint density at radius 1 is 1.67 bits per heavy atom. The molecule has 0 amide bonds. The zero-order valence-corrected chi connectivity index (χ0v) is 11.1. The third kappa shape index (κ3) is 3.83. The fraction of sp³-hybridized carbons (Fsp3) is 0.500. The van der Waals surface area contributed by atoms with Crippen molar-refractivity contribution in [1.29, 1.82) is 0 Å². The van der Waals surface area contributed by atoms with Crippen LogP contribution in [-0.2, 0) is 0 Å². The molecule has 3 nitrogen and oxygen atoms in total. The van der Waals surface area contributed by atoms with Gasteiger partial charge >= 0.3 is 5.97 Å². The minimum absolute atomic E-state index is 0.343. The summed E-state index contributed by atoms with van der Waals surface area (Å²) in [5.74, 6) is -0.266. The summed E-state index contributed by atoms with van der Waals surface area (Å²) in [6.45, 7) is 5.10. The Kier molecular flexibility index (Phi) is 4.60. The van der Waals surface area contributed by atoms with Crippen molar-refractivity contribution in [2.24, 2.45) is 5.92 Å².